The minimum atomic E-state index is -0.652. The van der Waals surface area contributed by atoms with E-state index in [4.69, 9.17) is 0 Å². The Balaban J connectivity index is 3.21. The average Bonchev–Trinajstić information content (AvgIpc) is 2.02. The Bertz CT molecular complexity index is 354. The van der Waals surface area contributed by atoms with Crippen LogP contribution < -0.4 is 0 Å². The summed E-state index contributed by atoms with van der Waals surface area (Å²) in [6, 6.07) is 2.36. The number of halogens is 4. The molecule has 1 aromatic rings. The van der Waals surface area contributed by atoms with Gasteiger partial charge < -0.3 is 0 Å². The predicted octanol–water partition coefficient (Wildman–Crippen LogP) is 3.47. The zero-order valence-electron chi connectivity index (χ0n) is 6.37. The highest BCUT2D eigenvalue weighted by molar-refractivity contribution is 9.10. The quantitative estimate of drug-likeness (QED) is 0.508. The van der Waals surface area contributed by atoms with Crippen LogP contribution >= 0.6 is 31.9 Å². The van der Waals surface area contributed by atoms with Crippen molar-refractivity contribution >= 4 is 31.9 Å². The highest BCUT2D eigenvalue weighted by Gasteiger charge is 2.07. The van der Waals surface area contributed by atoms with Gasteiger partial charge in [-0.1, -0.05) is 43.7 Å². The first kappa shape index (κ1) is 10.7. The third-order valence-corrected chi connectivity index (χ3v) is 2.03. The zero-order valence-corrected chi connectivity index (χ0v) is 9.55. The molecule has 1 rings (SSSR count). The molecule has 68 valence electrons. The summed E-state index contributed by atoms with van der Waals surface area (Å²) in [5.41, 5.74) is -0.192. The normalized spacial score (nSPS) is 9.23. The third kappa shape index (κ3) is 2.78. The van der Waals surface area contributed by atoms with Crippen molar-refractivity contribution in [2.45, 2.75) is 0 Å². The summed E-state index contributed by atoms with van der Waals surface area (Å²) >= 11 is 6.02. The first-order chi connectivity index (χ1) is 6.15. The Morgan fingerprint density at radius 3 is 2.23 bits per heavy atom. The van der Waals surface area contributed by atoms with E-state index in [-0.39, 0.29) is 5.56 Å². The Kier molecular flexibility index (Phi) is 3.89. The van der Waals surface area contributed by atoms with Crippen molar-refractivity contribution in [1.82, 2.24) is 0 Å². The lowest BCUT2D eigenvalue weighted by atomic mass is 10.2. The largest absolute Gasteiger partial charge is 0.205 e. The molecule has 0 aliphatic heterocycles. The van der Waals surface area contributed by atoms with Crippen LogP contribution in [0.1, 0.15) is 5.56 Å². The molecule has 0 saturated carbocycles. The molecule has 0 amide bonds. The summed E-state index contributed by atoms with van der Waals surface area (Å²) in [6.45, 7) is 0. The van der Waals surface area contributed by atoms with Crippen molar-refractivity contribution < 1.29 is 8.78 Å². The fourth-order valence-corrected chi connectivity index (χ4v) is 1.33. The number of benzene rings is 1. The number of rotatable bonds is 0. The molecule has 0 saturated heterocycles. The first-order valence-corrected chi connectivity index (χ1v) is 5.26. The Labute approximate surface area is 91.6 Å². The van der Waals surface area contributed by atoms with Gasteiger partial charge in [0.2, 0.25) is 0 Å². The highest BCUT2D eigenvalue weighted by atomic mass is 79.9. The third-order valence-electron chi connectivity index (χ3n) is 1.29. The maximum Gasteiger partial charge on any atom is 0.142 e. The standard InChI is InChI=1S/C9H4Br2F2/c10-3-1-2-7-8(12)4-6(11)5-9(7)13/h4-5H,3H2. The van der Waals surface area contributed by atoms with Gasteiger partial charge in [0.15, 0.2) is 0 Å². The van der Waals surface area contributed by atoms with E-state index in [9.17, 15) is 8.78 Å². The van der Waals surface area contributed by atoms with Gasteiger partial charge in [0.05, 0.1) is 10.9 Å². The summed E-state index contributed by atoms with van der Waals surface area (Å²) in [4.78, 5) is 0. The number of hydrogen-bond acceptors (Lipinski definition) is 0. The van der Waals surface area contributed by atoms with E-state index >= 15 is 0 Å². The maximum atomic E-state index is 13.0. The molecule has 0 unspecified atom stereocenters. The molecule has 13 heavy (non-hydrogen) atoms. The summed E-state index contributed by atoms with van der Waals surface area (Å²) in [5, 5.41) is 0.391. The van der Waals surface area contributed by atoms with Crippen LogP contribution in [0.25, 0.3) is 0 Å². The summed E-state index contributed by atoms with van der Waals surface area (Å²) in [5.74, 6) is 3.62. The van der Waals surface area contributed by atoms with E-state index < -0.39 is 11.6 Å². The molecule has 4 heteroatoms. The van der Waals surface area contributed by atoms with Gasteiger partial charge >= 0.3 is 0 Å². The topological polar surface area (TPSA) is 0 Å². The second-order valence-corrected chi connectivity index (χ2v) is 3.66. The molecule has 0 aliphatic carbocycles. The molecule has 0 aromatic heterocycles. The van der Waals surface area contributed by atoms with Gasteiger partial charge in [0, 0.05) is 4.47 Å². The van der Waals surface area contributed by atoms with Crippen molar-refractivity contribution in [3.63, 3.8) is 0 Å². The SMILES string of the molecule is Fc1cc(Br)cc(F)c1C#CCBr. The van der Waals surface area contributed by atoms with Crippen molar-refractivity contribution in [2.75, 3.05) is 5.33 Å². The molecular weight excluding hydrogens is 306 g/mol. The smallest absolute Gasteiger partial charge is 0.142 e. The van der Waals surface area contributed by atoms with Gasteiger partial charge in [-0.3, -0.25) is 0 Å². The second-order valence-electron chi connectivity index (χ2n) is 2.18. The van der Waals surface area contributed by atoms with Crippen molar-refractivity contribution in [2.24, 2.45) is 0 Å². The van der Waals surface area contributed by atoms with Gasteiger partial charge in [-0.15, -0.1) is 0 Å². The van der Waals surface area contributed by atoms with E-state index in [1.54, 1.807) is 0 Å². The molecule has 0 radical (unpaired) electrons. The monoisotopic (exact) mass is 308 g/mol. The van der Waals surface area contributed by atoms with E-state index in [1.165, 1.54) is 12.1 Å². The fourth-order valence-electron chi connectivity index (χ4n) is 0.783. The first-order valence-electron chi connectivity index (χ1n) is 3.34. The predicted molar refractivity (Wildman–Crippen MR) is 54.7 cm³/mol. The summed E-state index contributed by atoms with van der Waals surface area (Å²) in [7, 11) is 0. The van der Waals surface area contributed by atoms with Crippen LogP contribution in [0.3, 0.4) is 0 Å². The fraction of sp³-hybridized carbons (Fsp3) is 0.111. The molecule has 0 fully saturated rings. The molecule has 0 nitrogen and oxygen atoms in total. The lowest BCUT2D eigenvalue weighted by Gasteiger charge is -1.97. The second kappa shape index (κ2) is 4.73. The Morgan fingerprint density at radius 1 is 1.23 bits per heavy atom. The van der Waals surface area contributed by atoms with E-state index in [0.717, 1.165) is 0 Å². The lowest BCUT2D eigenvalue weighted by molar-refractivity contribution is 0.576. The van der Waals surface area contributed by atoms with Crippen LogP contribution in [0.15, 0.2) is 16.6 Å². The van der Waals surface area contributed by atoms with E-state index in [1.807, 2.05) is 0 Å². The Morgan fingerprint density at radius 2 is 1.77 bits per heavy atom. The van der Waals surface area contributed by atoms with Crippen LogP contribution in [-0.4, -0.2) is 5.33 Å². The molecule has 1 aromatic carbocycles. The van der Waals surface area contributed by atoms with E-state index in [0.29, 0.717) is 9.80 Å². The van der Waals surface area contributed by atoms with Gasteiger partial charge in [-0.25, -0.2) is 8.78 Å². The zero-order chi connectivity index (χ0) is 9.84. The molecule has 0 spiro atoms. The van der Waals surface area contributed by atoms with Crippen LogP contribution in [-0.2, 0) is 0 Å². The van der Waals surface area contributed by atoms with Gasteiger partial charge in [0.25, 0.3) is 0 Å². The van der Waals surface area contributed by atoms with E-state index in [2.05, 4.69) is 43.7 Å². The number of alkyl halides is 1. The van der Waals surface area contributed by atoms with Crippen molar-refractivity contribution in [1.29, 1.82) is 0 Å². The van der Waals surface area contributed by atoms with Gasteiger partial charge in [-0.05, 0) is 12.1 Å². The van der Waals surface area contributed by atoms with Gasteiger partial charge in [0.1, 0.15) is 11.6 Å². The van der Waals surface area contributed by atoms with Crippen LogP contribution in [0.2, 0.25) is 0 Å². The lowest BCUT2D eigenvalue weighted by Crippen LogP contribution is -1.90. The molecule has 0 aliphatic rings. The van der Waals surface area contributed by atoms with Crippen LogP contribution in [0, 0.1) is 23.5 Å². The number of hydrogen-bond donors (Lipinski definition) is 0. The Hall–Kier alpha value is -0.400. The molecule has 0 bridgehead atoms. The summed E-state index contributed by atoms with van der Waals surface area (Å²) < 4.78 is 26.5. The maximum absolute atomic E-state index is 13.0. The molecule has 0 N–H and O–H groups in total. The molecule has 0 heterocycles. The molecular formula is C9H4Br2F2. The average molecular weight is 310 g/mol. The molecule has 0 atom stereocenters. The van der Waals surface area contributed by atoms with Crippen LogP contribution in [0.4, 0.5) is 8.78 Å². The minimum absolute atomic E-state index is 0.192. The van der Waals surface area contributed by atoms with Crippen molar-refractivity contribution in [3.8, 4) is 11.8 Å². The highest BCUT2D eigenvalue weighted by Crippen LogP contribution is 2.18. The minimum Gasteiger partial charge on any atom is -0.205 e. The van der Waals surface area contributed by atoms with Crippen molar-refractivity contribution in [3.05, 3.63) is 33.8 Å². The van der Waals surface area contributed by atoms with Gasteiger partial charge in [-0.2, -0.15) is 0 Å². The van der Waals surface area contributed by atoms with Crippen LogP contribution in [0.5, 0.6) is 0 Å². The summed E-state index contributed by atoms with van der Waals surface area (Å²) in [6.07, 6.45) is 0.